The number of aliphatic imine (C=N–C) groups is 1. The topological polar surface area (TPSA) is 41.6 Å². The molecule has 0 aromatic carbocycles. The second kappa shape index (κ2) is 13.0. The maximum absolute atomic E-state index is 5.63. The third-order valence-electron chi connectivity index (χ3n) is 4.16. The largest absolute Gasteiger partial charge is 0.329 e. The van der Waals surface area contributed by atoms with Gasteiger partial charge in [0.25, 0.3) is 0 Å². The first kappa shape index (κ1) is 18.4. The zero-order chi connectivity index (χ0) is 15.2. The first-order valence-corrected chi connectivity index (χ1v) is 8.99. The van der Waals surface area contributed by atoms with Gasteiger partial charge in [-0.05, 0) is 38.5 Å². The lowest BCUT2D eigenvalue weighted by Crippen LogP contribution is -2.34. The van der Waals surface area contributed by atoms with E-state index in [0.717, 1.165) is 19.6 Å². The van der Waals surface area contributed by atoms with Gasteiger partial charge in [0.15, 0.2) is 0 Å². The normalized spacial score (nSPS) is 19.0. The molecule has 2 N–H and O–H groups in total. The van der Waals surface area contributed by atoms with Crippen molar-refractivity contribution in [3.8, 4) is 0 Å². The molecule has 1 heterocycles. The van der Waals surface area contributed by atoms with Crippen LogP contribution in [0, 0.1) is 0 Å². The molecule has 0 saturated heterocycles. The Labute approximate surface area is 131 Å². The molecule has 0 fully saturated rings. The molecule has 0 amide bonds. The van der Waals surface area contributed by atoms with Crippen LogP contribution in [-0.4, -0.2) is 36.9 Å². The van der Waals surface area contributed by atoms with Gasteiger partial charge in [0, 0.05) is 25.8 Å². The fourth-order valence-electron chi connectivity index (χ4n) is 2.84. The van der Waals surface area contributed by atoms with Crippen molar-refractivity contribution in [3.05, 3.63) is 12.2 Å². The van der Waals surface area contributed by atoms with Crippen molar-refractivity contribution in [1.29, 1.82) is 0 Å². The van der Waals surface area contributed by atoms with Crippen molar-refractivity contribution in [1.82, 2.24) is 4.90 Å². The highest BCUT2D eigenvalue weighted by Crippen LogP contribution is 2.14. The van der Waals surface area contributed by atoms with Gasteiger partial charge < -0.3 is 5.73 Å². The Hall–Kier alpha value is -0.670. The van der Waals surface area contributed by atoms with Gasteiger partial charge in [-0.25, -0.2) is 0 Å². The summed E-state index contributed by atoms with van der Waals surface area (Å²) in [5.74, 6) is 0. The van der Waals surface area contributed by atoms with Crippen molar-refractivity contribution in [2.45, 2.75) is 77.3 Å². The Balaban J connectivity index is 1.91. The van der Waals surface area contributed by atoms with E-state index in [1.807, 2.05) is 6.21 Å². The highest BCUT2D eigenvalue weighted by Gasteiger charge is 2.18. The van der Waals surface area contributed by atoms with Crippen LogP contribution < -0.4 is 5.73 Å². The van der Waals surface area contributed by atoms with Crippen LogP contribution in [-0.2, 0) is 0 Å². The summed E-state index contributed by atoms with van der Waals surface area (Å²) in [6, 6.07) is 0. The molecule has 0 saturated carbocycles. The van der Waals surface area contributed by atoms with Gasteiger partial charge in [-0.3, -0.25) is 9.89 Å². The molecule has 1 unspecified atom stereocenters. The van der Waals surface area contributed by atoms with Gasteiger partial charge in [0.1, 0.15) is 6.17 Å². The quantitative estimate of drug-likeness (QED) is 0.410. The minimum Gasteiger partial charge on any atom is -0.329 e. The Kier molecular flexibility index (Phi) is 11.4. The highest BCUT2D eigenvalue weighted by molar-refractivity contribution is 5.62. The van der Waals surface area contributed by atoms with Crippen LogP contribution in [0.15, 0.2) is 17.1 Å². The number of hydrogen-bond acceptors (Lipinski definition) is 3. The fraction of sp³-hybridized carbons (Fsp3) is 0.833. The minimum atomic E-state index is 0.399. The molecule has 3 nitrogen and oxygen atoms in total. The number of unbranched alkanes of at least 4 members (excludes halogenated alkanes) is 7. The van der Waals surface area contributed by atoms with E-state index >= 15 is 0 Å². The van der Waals surface area contributed by atoms with E-state index in [2.05, 4.69) is 29.0 Å². The van der Waals surface area contributed by atoms with Crippen LogP contribution in [0.4, 0.5) is 0 Å². The van der Waals surface area contributed by atoms with Gasteiger partial charge in [0.05, 0.1) is 0 Å². The molecule has 0 bridgehead atoms. The molecule has 0 spiro atoms. The Bertz CT molecular complexity index is 286. The van der Waals surface area contributed by atoms with Crippen LogP contribution in [0.25, 0.3) is 0 Å². The number of nitrogens with two attached hydrogens (primary N) is 1. The molecule has 0 radical (unpaired) electrons. The van der Waals surface area contributed by atoms with Gasteiger partial charge in [-0.1, -0.05) is 44.8 Å². The molecule has 0 aliphatic carbocycles. The average molecular weight is 293 g/mol. The van der Waals surface area contributed by atoms with Gasteiger partial charge in [-0.15, -0.1) is 0 Å². The van der Waals surface area contributed by atoms with Gasteiger partial charge in [0.2, 0.25) is 0 Å². The molecule has 1 aliphatic rings. The van der Waals surface area contributed by atoms with Crippen LogP contribution in [0.2, 0.25) is 0 Å². The lowest BCUT2D eigenvalue weighted by Gasteiger charge is -2.21. The summed E-state index contributed by atoms with van der Waals surface area (Å²) in [7, 11) is 0. The SMILES string of the molecule is CCCCCCC/C=C/CCCCC1N=CCN1CCN. The maximum atomic E-state index is 5.63. The van der Waals surface area contributed by atoms with Crippen molar-refractivity contribution >= 4 is 6.21 Å². The van der Waals surface area contributed by atoms with Crippen molar-refractivity contribution < 1.29 is 0 Å². The van der Waals surface area contributed by atoms with Crippen LogP contribution >= 0.6 is 0 Å². The lowest BCUT2D eigenvalue weighted by molar-refractivity contribution is 0.242. The summed E-state index contributed by atoms with van der Waals surface area (Å²) >= 11 is 0. The zero-order valence-corrected chi connectivity index (χ0v) is 14.0. The Morgan fingerprint density at radius 3 is 2.52 bits per heavy atom. The third-order valence-corrected chi connectivity index (χ3v) is 4.16. The lowest BCUT2D eigenvalue weighted by atomic mass is 10.1. The van der Waals surface area contributed by atoms with E-state index in [-0.39, 0.29) is 0 Å². The number of allylic oxidation sites excluding steroid dienone is 2. The zero-order valence-electron chi connectivity index (χ0n) is 14.0. The van der Waals surface area contributed by atoms with Crippen LogP contribution in [0.5, 0.6) is 0 Å². The van der Waals surface area contributed by atoms with Gasteiger partial charge >= 0.3 is 0 Å². The van der Waals surface area contributed by atoms with E-state index in [4.69, 9.17) is 5.73 Å². The second-order valence-electron chi connectivity index (χ2n) is 6.05. The molecular formula is C18H35N3. The summed E-state index contributed by atoms with van der Waals surface area (Å²) in [6.07, 6.45) is 20.3. The van der Waals surface area contributed by atoms with E-state index in [1.165, 1.54) is 64.2 Å². The third kappa shape index (κ3) is 9.05. The molecule has 3 heteroatoms. The molecule has 122 valence electrons. The molecule has 0 aromatic rings. The Morgan fingerprint density at radius 2 is 1.81 bits per heavy atom. The predicted octanol–water partition coefficient (Wildman–Crippen LogP) is 4.13. The van der Waals surface area contributed by atoms with Gasteiger partial charge in [-0.2, -0.15) is 0 Å². The maximum Gasteiger partial charge on any atom is 0.102 e. The fourth-order valence-corrected chi connectivity index (χ4v) is 2.84. The van der Waals surface area contributed by atoms with E-state index in [9.17, 15) is 0 Å². The number of rotatable bonds is 13. The molecule has 21 heavy (non-hydrogen) atoms. The summed E-state index contributed by atoms with van der Waals surface area (Å²) in [5, 5.41) is 0. The highest BCUT2D eigenvalue weighted by atomic mass is 15.3. The number of nitrogens with zero attached hydrogens (tertiary/aromatic N) is 2. The summed E-state index contributed by atoms with van der Waals surface area (Å²) in [6.45, 7) is 4.97. The van der Waals surface area contributed by atoms with E-state index in [1.54, 1.807) is 0 Å². The summed E-state index contributed by atoms with van der Waals surface area (Å²) in [4.78, 5) is 6.93. The Morgan fingerprint density at radius 1 is 1.10 bits per heavy atom. The van der Waals surface area contributed by atoms with Crippen LogP contribution in [0.3, 0.4) is 0 Å². The first-order valence-electron chi connectivity index (χ1n) is 8.99. The smallest absolute Gasteiger partial charge is 0.102 e. The predicted molar refractivity (Wildman–Crippen MR) is 93.9 cm³/mol. The average Bonchev–Trinajstić information content (AvgIpc) is 2.92. The standard InChI is InChI=1S/C18H35N3/c1-2-3-4-5-6-7-8-9-10-11-12-13-18-20-15-17-21(18)16-14-19/h8-9,15,18H,2-7,10-14,16-17,19H2,1H3/b9-8+. The molecule has 1 aliphatic heterocycles. The van der Waals surface area contributed by atoms with Crippen molar-refractivity contribution in [3.63, 3.8) is 0 Å². The van der Waals surface area contributed by atoms with E-state index < -0.39 is 0 Å². The van der Waals surface area contributed by atoms with Crippen molar-refractivity contribution in [2.75, 3.05) is 19.6 Å². The van der Waals surface area contributed by atoms with Crippen LogP contribution in [0.1, 0.15) is 71.1 Å². The second-order valence-corrected chi connectivity index (χ2v) is 6.05. The molecule has 1 rings (SSSR count). The summed E-state index contributed by atoms with van der Waals surface area (Å²) < 4.78 is 0. The molecule has 1 atom stereocenters. The minimum absolute atomic E-state index is 0.399. The van der Waals surface area contributed by atoms with Crippen molar-refractivity contribution in [2.24, 2.45) is 10.7 Å². The van der Waals surface area contributed by atoms with E-state index in [0.29, 0.717) is 6.17 Å². The summed E-state index contributed by atoms with van der Waals surface area (Å²) in [5.41, 5.74) is 5.63. The molecular weight excluding hydrogens is 258 g/mol. The monoisotopic (exact) mass is 293 g/mol. The first-order chi connectivity index (χ1) is 10.4. The molecule has 0 aromatic heterocycles. The number of hydrogen-bond donors (Lipinski definition) is 1.